The van der Waals surface area contributed by atoms with Gasteiger partial charge in [-0.25, -0.2) is 4.79 Å². The zero-order chi connectivity index (χ0) is 18.8. The van der Waals surface area contributed by atoms with E-state index in [-0.39, 0.29) is 11.6 Å². The number of nitrogens with zero attached hydrogens (tertiary/aromatic N) is 2. The van der Waals surface area contributed by atoms with Crippen molar-refractivity contribution in [2.75, 3.05) is 20.3 Å². The maximum atomic E-state index is 12.4. The van der Waals surface area contributed by atoms with Crippen molar-refractivity contribution in [3.8, 4) is 11.5 Å². The smallest absolute Gasteiger partial charge is 0.331 e. The molecule has 0 fully saturated rings. The number of hydrogen-bond donors (Lipinski definition) is 1. The Hall–Kier alpha value is -3.03. The summed E-state index contributed by atoms with van der Waals surface area (Å²) in [4.78, 5) is 36.1. The zero-order valence-electron chi connectivity index (χ0n) is 14.9. The molecule has 138 valence electrons. The molecule has 8 heteroatoms. The molecule has 1 aromatic heterocycles. The van der Waals surface area contributed by atoms with Crippen LogP contribution in [0.5, 0.6) is 11.5 Å². The van der Waals surface area contributed by atoms with Gasteiger partial charge >= 0.3 is 5.69 Å². The van der Waals surface area contributed by atoms with Crippen molar-refractivity contribution >= 4 is 5.91 Å². The highest BCUT2D eigenvalue weighted by molar-refractivity contribution is 5.92. The summed E-state index contributed by atoms with van der Waals surface area (Å²) in [5.41, 5.74) is 0.0471. The van der Waals surface area contributed by atoms with Crippen LogP contribution in [0.3, 0.4) is 0 Å². The Kier molecular flexibility index (Phi) is 4.83. The number of rotatable bonds is 4. The van der Waals surface area contributed by atoms with E-state index in [1.165, 1.54) is 14.1 Å². The molecular weight excluding hydrogens is 338 g/mol. The van der Waals surface area contributed by atoms with E-state index >= 15 is 0 Å². The van der Waals surface area contributed by atoms with E-state index in [9.17, 15) is 14.4 Å². The van der Waals surface area contributed by atoms with Crippen LogP contribution in [0.4, 0.5) is 0 Å². The van der Waals surface area contributed by atoms with Gasteiger partial charge in [0.15, 0.2) is 0 Å². The van der Waals surface area contributed by atoms with Crippen molar-refractivity contribution < 1.29 is 14.3 Å². The van der Waals surface area contributed by atoms with E-state index in [2.05, 4.69) is 5.32 Å². The third-order valence-electron chi connectivity index (χ3n) is 4.57. The van der Waals surface area contributed by atoms with Gasteiger partial charge in [0.05, 0.1) is 13.7 Å². The van der Waals surface area contributed by atoms with Crippen LogP contribution in [0, 0.1) is 5.92 Å². The average molecular weight is 359 g/mol. The number of hydrogen-bond acceptors (Lipinski definition) is 5. The average Bonchev–Trinajstić information content (AvgIpc) is 2.66. The molecule has 1 aliphatic rings. The fraction of sp³-hybridized carbons (Fsp3) is 0.389. The second-order valence-electron chi connectivity index (χ2n) is 6.33. The third kappa shape index (κ3) is 3.35. The van der Waals surface area contributed by atoms with E-state index < -0.39 is 17.2 Å². The predicted octanol–water partition coefficient (Wildman–Crippen LogP) is 0.0737. The summed E-state index contributed by atoms with van der Waals surface area (Å²) >= 11 is 0. The van der Waals surface area contributed by atoms with Crippen LogP contribution in [0.2, 0.25) is 0 Å². The predicted molar refractivity (Wildman–Crippen MR) is 94.9 cm³/mol. The van der Waals surface area contributed by atoms with Gasteiger partial charge < -0.3 is 14.8 Å². The van der Waals surface area contributed by atoms with E-state index in [0.29, 0.717) is 13.2 Å². The fourth-order valence-electron chi connectivity index (χ4n) is 2.95. The highest BCUT2D eigenvalue weighted by Crippen LogP contribution is 2.30. The number of carbonyl (C=O) groups is 1. The van der Waals surface area contributed by atoms with Gasteiger partial charge in [-0.05, 0) is 18.1 Å². The normalized spacial score (nSPS) is 15.7. The van der Waals surface area contributed by atoms with Crippen LogP contribution >= 0.6 is 0 Å². The SMILES string of the molecule is COc1ccc2c(c1)OC[C@H](CNC(=O)c1cc(=O)n(C)c(=O)n1C)C2. The Balaban J connectivity index is 1.67. The lowest BCUT2D eigenvalue weighted by molar-refractivity contribution is 0.0928. The Bertz CT molecular complexity index is 960. The minimum Gasteiger partial charge on any atom is -0.497 e. The first-order valence-corrected chi connectivity index (χ1v) is 8.25. The summed E-state index contributed by atoms with van der Waals surface area (Å²) in [6.45, 7) is 0.851. The van der Waals surface area contributed by atoms with Gasteiger partial charge in [0.2, 0.25) is 0 Å². The second kappa shape index (κ2) is 7.07. The first kappa shape index (κ1) is 17.8. The van der Waals surface area contributed by atoms with Crippen LogP contribution in [0.1, 0.15) is 16.1 Å². The molecule has 0 saturated carbocycles. The summed E-state index contributed by atoms with van der Waals surface area (Å²) in [5.74, 6) is 1.18. The summed E-state index contributed by atoms with van der Waals surface area (Å²) < 4.78 is 13.1. The van der Waals surface area contributed by atoms with Crippen LogP contribution in [0.25, 0.3) is 0 Å². The lowest BCUT2D eigenvalue weighted by Gasteiger charge is -2.26. The minimum atomic E-state index is -0.536. The lowest BCUT2D eigenvalue weighted by Crippen LogP contribution is -2.42. The lowest BCUT2D eigenvalue weighted by atomic mass is 9.96. The van der Waals surface area contributed by atoms with Gasteiger partial charge in [-0.15, -0.1) is 0 Å². The van der Waals surface area contributed by atoms with Gasteiger partial charge in [-0.2, -0.15) is 0 Å². The van der Waals surface area contributed by atoms with Crippen LogP contribution < -0.4 is 26.0 Å². The Labute approximate surface area is 150 Å². The summed E-state index contributed by atoms with van der Waals surface area (Å²) in [7, 11) is 4.44. The molecule has 1 atom stereocenters. The third-order valence-corrected chi connectivity index (χ3v) is 4.57. The number of aromatic nitrogens is 2. The van der Waals surface area contributed by atoms with Gasteiger partial charge in [0.1, 0.15) is 17.2 Å². The first-order chi connectivity index (χ1) is 12.4. The largest absolute Gasteiger partial charge is 0.497 e. The van der Waals surface area contributed by atoms with E-state index in [1.807, 2.05) is 18.2 Å². The molecular formula is C18H21N3O5. The molecule has 0 saturated heterocycles. The van der Waals surface area contributed by atoms with Crippen molar-refractivity contribution in [1.82, 2.24) is 14.5 Å². The highest BCUT2D eigenvalue weighted by atomic mass is 16.5. The maximum absolute atomic E-state index is 12.4. The number of benzene rings is 1. The van der Waals surface area contributed by atoms with E-state index in [4.69, 9.17) is 9.47 Å². The molecule has 0 spiro atoms. The number of nitrogens with one attached hydrogen (secondary N) is 1. The van der Waals surface area contributed by atoms with Crippen molar-refractivity contribution in [2.24, 2.45) is 20.0 Å². The molecule has 2 aromatic rings. The number of ether oxygens (including phenoxy) is 2. The van der Waals surface area contributed by atoms with Gasteiger partial charge in [-0.1, -0.05) is 6.07 Å². The standard InChI is InChI=1S/C18H21N3O5/c1-20-14(8-16(22)21(2)18(20)24)17(23)19-9-11-6-12-4-5-13(25-3)7-15(12)26-10-11/h4-5,7-8,11H,6,9-10H2,1-3H3,(H,19,23)/t11-/m0/s1. The maximum Gasteiger partial charge on any atom is 0.331 e. The van der Waals surface area contributed by atoms with Crippen LogP contribution in [-0.4, -0.2) is 35.3 Å². The Morgan fingerprint density at radius 3 is 2.77 bits per heavy atom. The van der Waals surface area contributed by atoms with Crippen molar-refractivity contribution in [2.45, 2.75) is 6.42 Å². The summed E-state index contributed by atoms with van der Waals surface area (Å²) in [6, 6.07) is 6.83. The molecule has 0 radical (unpaired) electrons. The van der Waals surface area contributed by atoms with E-state index in [0.717, 1.165) is 38.7 Å². The highest BCUT2D eigenvalue weighted by Gasteiger charge is 2.22. The Morgan fingerprint density at radius 1 is 1.27 bits per heavy atom. The van der Waals surface area contributed by atoms with Crippen molar-refractivity contribution in [1.29, 1.82) is 0 Å². The molecule has 0 unspecified atom stereocenters. The van der Waals surface area contributed by atoms with Crippen LogP contribution in [-0.2, 0) is 20.5 Å². The number of fused-ring (bicyclic) bond motifs is 1. The zero-order valence-corrected chi connectivity index (χ0v) is 14.9. The van der Waals surface area contributed by atoms with Crippen molar-refractivity contribution in [3.05, 3.63) is 56.4 Å². The van der Waals surface area contributed by atoms with E-state index in [1.54, 1.807) is 7.11 Å². The second-order valence-corrected chi connectivity index (χ2v) is 6.33. The Morgan fingerprint density at radius 2 is 2.04 bits per heavy atom. The summed E-state index contributed by atoms with van der Waals surface area (Å²) in [6.07, 6.45) is 0.759. The fourth-order valence-corrected chi connectivity index (χ4v) is 2.95. The topological polar surface area (TPSA) is 91.6 Å². The van der Waals surface area contributed by atoms with Gasteiger partial charge in [0.25, 0.3) is 11.5 Å². The molecule has 8 nitrogen and oxygen atoms in total. The molecule has 3 rings (SSSR count). The monoisotopic (exact) mass is 359 g/mol. The van der Waals surface area contributed by atoms with Crippen molar-refractivity contribution in [3.63, 3.8) is 0 Å². The molecule has 0 aliphatic carbocycles. The molecule has 1 N–H and O–H groups in total. The number of carbonyl (C=O) groups excluding carboxylic acids is 1. The number of methoxy groups -OCH3 is 1. The van der Waals surface area contributed by atoms with Crippen LogP contribution in [0.15, 0.2) is 33.9 Å². The quantitative estimate of drug-likeness (QED) is 0.834. The molecule has 0 bridgehead atoms. The molecule has 26 heavy (non-hydrogen) atoms. The first-order valence-electron chi connectivity index (χ1n) is 8.25. The molecule has 1 amide bonds. The molecule has 2 heterocycles. The molecule has 1 aromatic carbocycles. The molecule has 1 aliphatic heterocycles. The summed E-state index contributed by atoms with van der Waals surface area (Å²) in [5, 5.41) is 2.79. The number of amides is 1. The van der Waals surface area contributed by atoms with Gasteiger partial charge in [0, 0.05) is 38.7 Å². The van der Waals surface area contributed by atoms with Gasteiger partial charge in [-0.3, -0.25) is 18.7 Å². The minimum absolute atomic E-state index is 0.0416.